The van der Waals surface area contributed by atoms with Crippen molar-refractivity contribution in [3.05, 3.63) is 45.7 Å². The molecule has 0 saturated heterocycles. The van der Waals surface area contributed by atoms with E-state index in [1.807, 2.05) is 0 Å². The van der Waals surface area contributed by atoms with Crippen LogP contribution in [0, 0.1) is 18.6 Å². The predicted octanol–water partition coefficient (Wildman–Crippen LogP) is 3.02. The number of hydrogen-bond donors (Lipinski definition) is 1. The van der Waals surface area contributed by atoms with Gasteiger partial charge in [-0.2, -0.15) is 5.10 Å². The third-order valence-electron chi connectivity index (χ3n) is 2.49. The summed E-state index contributed by atoms with van der Waals surface area (Å²) in [6.07, 6.45) is 0. The molecule has 0 unspecified atom stereocenters. The third kappa shape index (κ3) is 2.81. The zero-order valence-electron chi connectivity index (χ0n) is 10.2. The fourth-order valence-electron chi connectivity index (χ4n) is 1.63. The zero-order chi connectivity index (χ0) is 14.2. The first-order valence-electron chi connectivity index (χ1n) is 5.35. The summed E-state index contributed by atoms with van der Waals surface area (Å²) in [6, 6.07) is 3.43. The van der Waals surface area contributed by atoms with Crippen molar-refractivity contribution in [1.82, 2.24) is 9.78 Å². The minimum Gasteiger partial charge on any atom is -0.318 e. The molecule has 2 aromatic rings. The lowest BCUT2D eigenvalue weighted by atomic mass is 10.2. The number of amides is 1. The van der Waals surface area contributed by atoms with E-state index in [0.717, 1.165) is 12.1 Å². The number of benzene rings is 1. The minimum atomic E-state index is -0.722. The van der Waals surface area contributed by atoms with Crippen LogP contribution in [0.3, 0.4) is 0 Å². The molecule has 0 bridgehead atoms. The van der Waals surface area contributed by atoms with E-state index in [4.69, 9.17) is 0 Å². The van der Waals surface area contributed by atoms with Crippen molar-refractivity contribution in [3.8, 4) is 0 Å². The molecule has 0 fully saturated rings. The van der Waals surface area contributed by atoms with Crippen LogP contribution in [-0.2, 0) is 7.05 Å². The molecule has 0 aliphatic carbocycles. The highest BCUT2D eigenvalue weighted by molar-refractivity contribution is 9.10. The van der Waals surface area contributed by atoms with Gasteiger partial charge in [0.15, 0.2) is 0 Å². The van der Waals surface area contributed by atoms with Gasteiger partial charge in [0, 0.05) is 13.1 Å². The van der Waals surface area contributed by atoms with Gasteiger partial charge in [-0.05, 0) is 35.0 Å². The molecule has 0 atom stereocenters. The van der Waals surface area contributed by atoms with Crippen LogP contribution in [0.5, 0.6) is 0 Å². The predicted molar refractivity (Wildman–Crippen MR) is 70.0 cm³/mol. The number of aromatic nitrogens is 2. The maximum absolute atomic E-state index is 13.6. The molecule has 7 heteroatoms. The van der Waals surface area contributed by atoms with E-state index < -0.39 is 17.5 Å². The number of hydrogen-bond acceptors (Lipinski definition) is 2. The lowest BCUT2D eigenvalue weighted by molar-refractivity contribution is 0.101. The SMILES string of the molecule is Cc1cc(C(=O)Nc2cc(F)c(Br)cc2F)n(C)n1. The highest BCUT2D eigenvalue weighted by atomic mass is 79.9. The number of carbonyl (C=O) groups excluding carboxylic acids is 1. The molecule has 19 heavy (non-hydrogen) atoms. The number of aryl methyl sites for hydroxylation is 2. The summed E-state index contributed by atoms with van der Waals surface area (Å²) < 4.78 is 28.3. The molecule has 1 heterocycles. The summed E-state index contributed by atoms with van der Waals surface area (Å²) in [7, 11) is 1.60. The fourth-order valence-corrected chi connectivity index (χ4v) is 1.94. The summed E-state index contributed by atoms with van der Waals surface area (Å²) in [4.78, 5) is 11.9. The van der Waals surface area contributed by atoms with Gasteiger partial charge < -0.3 is 5.32 Å². The quantitative estimate of drug-likeness (QED) is 0.861. The van der Waals surface area contributed by atoms with Crippen molar-refractivity contribution in [2.75, 3.05) is 5.32 Å². The van der Waals surface area contributed by atoms with Crippen LogP contribution in [-0.4, -0.2) is 15.7 Å². The van der Waals surface area contributed by atoms with Gasteiger partial charge in [0.1, 0.15) is 17.3 Å². The second-order valence-corrected chi connectivity index (χ2v) is 4.85. The lowest BCUT2D eigenvalue weighted by Gasteiger charge is -2.07. The molecule has 1 aromatic carbocycles. The molecular weight excluding hydrogens is 320 g/mol. The molecule has 1 amide bonds. The summed E-state index contributed by atoms with van der Waals surface area (Å²) >= 11 is 2.86. The van der Waals surface area contributed by atoms with Crippen LogP contribution in [0.25, 0.3) is 0 Å². The summed E-state index contributed by atoms with van der Waals surface area (Å²) in [6.45, 7) is 1.73. The van der Waals surface area contributed by atoms with E-state index in [1.54, 1.807) is 20.0 Å². The van der Waals surface area contributed by atoms with Crippen LogP contribution in [0.1, 0.15) is 16.2 Å². The van der Waals surface area contributed by atoms with Crippen LogP contribution in [0.4, 0.5) is 14.5 Å². The molecular formula is C12H10BrF2N3O. The Labute approximate surface area is 116 Å². The smallest absolute Gasteiger partial charge is 0.274 e. The molecule has 1 aromatic heterocycles. The Morgan fingerprint density at radius 1 is 1.32 bits per heavy atom. The van der Waals surface area contributed by atoms with Gasteiger partial charge in [-0.15, -0.1) is 0 Å². The van der Waals surface area contributed by atoms with E-state index in [9.17, 15) is 13.6 Å². The highest BCUT2D eigenvalue weighted by Gasteiger charge is 2.15. The van der Waals surface area contributed by atoms with Crippen molar-refractivity contribution in [2.45, 2.75) is 6.92 Å². The number of anilines is 1. The van der Waals surface area contributed by atoms with Gasteiger partial charge >= 0.3 is 0 Å². The van der Waals surface area contributed by atoms with E-state index >= 15 is 0 Å². The number of nitrogens with zero attached hydrogens (tertiary/aromatic N) is 2. The molecule has 0 aliphatic rings. The van der Waals surface area contributed by atoms with Crippen molar-refractivity contribution in [3.63, 3.8) is 0 Å². The molecule has 1 N–H and O–H groups in total. The molecule has 0 radical (unpaired) electrons. The molecule has 0 saturated carbocycles. The van der Waals surface area contributed by atoms with Crippen molar-refractivity contribution in [2.24, 2.45) is 7.05 Å². The Bertz CT molecular complexity index is 655. The molecule has 100 valence electrons. The van der Waals surface area contributed by atoms with E-state index in [1.165, 1.54) is 4.68 Å². The second kappa shape index (κ2) is 5.08. The van der Waals surface area contributed by atoms with E-state index in [-0.39, 0.29) is 15.9 Å². The lowest BCUT2D eigenvalue weighted by Crippen LogP contribution is -2.17. The first-order valence-corrected chi connectivity index (χ1v) is 6.14. The standard InChI is InChI=1S/C12H10BrF2N3O/c1-6-3-11(18(2)17-6)12(19)16-10-5-8(14)7(13)4-9(10)15/h3-5H,1-2H3,(H,16,19). The van der Waals surface area contributed by atoms with Crippen LogP contribution in [0.2, 0.25) is 0 Å². The monoisotopic (exact) mass is 329 g/mol. The average Bonchev–Trinajstić information content (AvgIpc) is 2.65. The first kappa shape index (κ1) is 13.7. The molecule has 0 spiro atoms. The fraction of sp³-hybridized carbons (Fsp3) is 0.167. The average molecular weight is 330 g/mol. The maximum atomic E-state index is 13.6. The zero-order valence-corrected chi connectivity index (χ0v) is 11.8. The number of rotatable bonds is 2. The normalized spacial score (nSPS) is 10.6. The molecule has 0 aliphatic heterocycles. The highest BCUT2D eigenvalue weighted by Crippen LogP contribution is 2.23. The summed E-state index contributed by atoms with van der Waals surface area (Å²) in [5.41, 5.74) is 0.708. The van der Waals surface area contributed by atoms with Gasteiger partial charge in [-0.3, -0.25) is 9.48 Å². The van der Waals surface area contributed by atoms with Crippen LogP contribution in [0.15, 0.2) is 22.7 Å². The minimum absolute atomic E-state index is 0.000577. The molecule has 2 rings (SSSR count). The Morgan fingerprint density at radius 2 is 2.00 bits per heavy atom. The Kier molecular flexibility index (Phi) is 3.66. The van der Waals surface area contributed by atoms with Crippen LogP contribution < -0.4 is 5.32 Å². The van der Waals surface area contributed by atoms with Crippen molar-refractivity contribution < 1.29 is 13.6 Å². The van der Waals surface area contributed by atoms with Gasteiger partial charge in [0.25, 0.3) is 5.91 Å². The summed E-state index contributed by atoms with van der Waals surface area (Å²) in [5, 5.41) is 6.32. The number of halogens is 3. The Morgan fingerprint density at radius 3 is 2.58 bits per heavy atom. The molecule has 4 nitrogen and oxygen atoms in total. The van der Waals surface area contributed by atoms with Crippen LogP contribution >= 0.6 is 15.9 Å². The van der Waals surface area contributed by atoms with Crippen molar-refractivity contribution in [1.29, 1.82) is 0 Å². The van der Waals surface area contributed by atoms with Gasteiger partial charge in [-0.1, -0.05) is 0 Å². The largest absolute Gasteiger partial charge is 0.318 e. The van der Waals surface area contributed by atoms with Gasteiger partial charge in [0.05, 0.1) is 15.9 Å². The van der Waals surface area contributed by atoms with Gasteiger partial charge in [0.2, 0.25) is 0 Å². The van der Waals surface area contributed by atoms with Gasteiger partial charge in [-0.25, -0.2) is 8.78 Å². The maximum Gasteiger partial charge on any atom is 0.274 e. The van der Waals surface area contributed by atoms with E-state index in [2.05, 4.69) is 26.3 Å². The second-order valence-electron chi connectivity index (χ2n) is 3.99. The number of carbonyl (C=O) groups is 1. The Hall–Kier alpha value is -1.76. The summed E-state index contributed by atoms with van der Waals surface area (Å²) in [5.74, 6) is -1.93. The number of nitrogens with one attached hydrogen (secondary N) is 1. The van der Waals surface area contributed by atoms with Crippen molar-refractivity contribution >= 4 is 27.5 Å². The first-order chi connectivity index (χ1) is 8.88. The topological polar surface area (TPSA) is 46.9 Å². The van der Waals surface area contributed by atoms with E-state index in [0.29, 0.717) is 5.69 Å². The third-order valence-corrected chi connectivity index (χ3v) is 3.10. The Balaban J connectivity index is 2.29.